The standard InChI is InChI=1S/C17H14Cl2N2O3S/c1-10-5-3-4-6-12(10)15-21-17(16(20-2)24-15)25(22,23)11-7-8-13(18)14(19)9-11/h3-9,20H,1-2H3. The van der Waals surface area contributed by atoms with Gasteiger partial charge in [-0.2, -0.15) is 4.98 Å². The fourth-order valence-electron chi connectivity index (χ4n) is 2.33. The Morgan fingerprint density at radius 2 is 1.80 bits per heavy atom. The van der Waals surface area contributed by atoms with Gasteiger partial charge >= 0.3 is 0 Å². The first kappa shape index (κ1) is 17.8. The number of sulfone groups is 1. The van der Waals surface area contributed by atoms with Crippen molar-refractivity contribution < 1.29 is 12.8 Å². The molecule has 25 heavy (non-hydrogen) atoms. The van der Waals surface area contributed by atoms with Crippen LogP contribution in [0.2, 0.25) is 10.0 Å². The molecule has 0 unspecified atom stereocenters. The van der Waals surface area contributed by atoms with E-state index in [0.29, 0.717) is 0 Å². The van der Waals surface area contributed by atoms with E-state index in [1.807, 2.05) is 31.2 Å². The fourth-order valence-corrected chi connectivity index (χ4v) is 4.03. The maximum Gasteiger partial charge on any atom is 0.233 e. The maximum atomic E-state index is 12.9. The number of nitrogens with one attached hydrogen (secondary N) is 1. The van der Waals surface area contributed by atoms with Crippen molar-refractivity contribution in [2.45, 2.75) is 16.8 Å². The molecule has 0 amide bonds. The number of hydrogen-bond acceptors (Lipinski definition) is 5. The molecule has 0 spiro atoms. The van der Waals surface area contributed by atoms with Crippen molar-refractivity contribution in [1.29, 1.82) is 0 Å². The number of nitrogens with zero attached hydrogens (tertiary/aromatic N) is 1. The monoisotopic (exact) mass is 396 g/mol. The molecule has 5 nitrogen and oxygen atoms in total. The van der Waals surface area contributed by atoms with Gasteiger partial charge in [0.05, 0.1) is 14.9 Å². The van der Waals surface area contributed by atoms with E-state index >= 15 is 0 Å². The molecular formula is C17H14Cl2N2O3S. The van der Waals surface area contributed by atoms with E-state index in [9.17, 15) is 8.42 Å². The minimum absolute atomic E-state index is 0.0111. The summed E-state index contributed by atoms with van der Waals surface area (Å²) in [5, 5.41) is 2.96. The van der Waals surface area contributed by atoms with E-state index in [-0.39, 0.29) is 31.7 Å². The number of benzene rings is 2. The molecule has 0 saturated carbocycles. The predicted molar refractivity (Wildman–Crippen MR) is 98.1 cm³/mol. The summed E-state index contributed by atoms with van der Waals surface area (Å²) in [5.74, 6) is 0.283. The van der Waals surface area contributed by atoms with E-state index in [2.05, 4.69) is 10.3 Å². The zero-order valence-electron chi connectivity index (χ0n) is 13.4. The van der Waals surface area contributed by atoms with Crippen molar-refractivity contribution in [3.05, 3.63) is 58.1 Å². The summed E-state index contributed by atoms with van der Waals surface area (Å²) in [5.41, 5.74) is 1.64. The van der Waals surface area contributed by atoms with Gasteiger partial charge in [-0.25, -0.2) is 8.42 Å². The van der Waals surface area contributed by atoms with Crippen LogP contribution in [0, 0.1) is 6.92 Å². The van der Waals surface area contributed by atoms with Crippen molar-refractivity contribution in [2.75, 3.05) is 12.4 Å². The molecule has 3 rings (SSSR count). The second-order valence-electron chi connectivity index (χ2n) is 5.30. The summed E-state index contributed by atoms with van der Waals surface area (Å²) in [6, 6.07) is 11.5. The van der Waals surface area contributed by atoms with Gasteiger partial charge in [-0.3, -0.25) is 0 Å². The highest BCUT2D eigenvalue weighted by molar-refractivity contribution is 7.91. The Morgan fingerprint density at radius 1 is 1.08 bits per heavy atom. The molecule has 3 aromatic rings. The van der Waals surface area contributed by atoms with Crippen molar-refractivity contribution in [3.8, 4) is 11.5 Å². The van der Waals surface area contributed by atoms with Crippen LogP contribution in [0.1, 0.15) is 5.56 Å². The average molecular weight is 397 g/mol. The summed E-state index contributed by atoms with van der Waals surface area (Å²) in [7, 11) is -2.37. The van der Waals surface area contributed by atoms with Crippen LogP contribution < -0.4 is 5.32 Å². The lowest BCUT2D eigenvalue weighted by Crippen LogP contribution is -2.05. The third-order valence-electron chi connectivity index (χ3n) is 3.65. The summed E-state index contributed by atoms with van der Waals surface area (Å²) >= 11 is 11.8. The van der Waals surface area contributed by atoms with Crippen molar-refractivity contribution in [2.24, 2.45) is 0 Å². The number of aromatic nitrogens is 1. The normalized spacial score (nSPS) is 11.5. The lowest BCUT2D eigenvalue weighted by atomic mass is 10.1. The Hall–Kier alpha value is -2.02. The predicted octanol–water partition coefficient (Wildman–Crippen LogP) is 4.83. The Morgan fingerprint density at radius 3 is 2.44 bits per heavy atom. The van der Waals surface area contributed by atoms with Crippen LogP contribution in [0.15, 0.2) is 56.8 Å². The van der Waals surface area contributed by atoms with Crippen LogP contribution in [0.4, 0.5) is 5.88 Å². The molecule has 1 N–H and O–H groups in total. The molecule has 8 heteroatoms. The fraction of sp³-hybridized carbons (Fsp3) is 0.118. The maximum absolute atomic E-state index is 12.9. The van der Waals surface area contributed by atoms with Crippen molar-refractivity contribution in [1.82, 2.24) is 4.98 Å². The van der Waals surface area contributed by atoms with Crippen LogP contribution in [-0.2, 0) is 9.84 Å². The Bertz CT molecular complexity index is 1050. The molecule has 1 heterocycles. The average Bonchev–Trinajstić information content (AvgIpc) is 3.02. The lowest BCUT2D eigenvalue weighted by Gasteiger charge is -2.04. The molecule has 0 bridgehead atoms. The molecule has 0 fully saturated rings. The minimum Gasteiger partial charge on any atom is -0.419 e. The zero-order chi connectivity index (χ0) is 18.2. The smallest absolute Gasteiger partial charge is 0.233 e. The van der Waals surface area contributed by atoms with Crippen molar-refractivity contribution in [3.63, 3.8) is 0 Å². The van der Waals surface area contributed by atoms with Crippen LogP contribution in [0.5, 0.6) is 0 Å². The quantitative estimate of drug-likeness (QED) is 0.683. The van der Waals surface area contributed by atoms with E-state index < -0.39 is 9.84 Å². The minimum atomic E-state index is -3.93. The molecule has 0 aliphatic heterocycles. The lowest BCUT2D eigenvalue weighted by molar-refractivity contribution is 0.580. The second-order valence-corrected chi connectivity index (χ2v) is 7.98. The zero-order valence-corrected chi connectivity index (χ0v) is 15.7. The first-order valence-electron chi connectivity index (χ1n) is 7.29. The Labute approximate surface area is 155 Å². The number of oxazole rings is 1. The van der Waals surface area contributed by atoms with Gasteiger partial charge in [0, 0.05) is 12.6 Å². The summed E-state index contributed by atoms with van der Waals surface area (Å²) in [4.78, 5) is 4.21. The van der Waals surface area contributed by atoms with Gasteiger partial charge in [-0.15, -0.1) is 0 Å². The summed E-state index contributed by atoms with van der Waals surface area (Å²) in [6.45, 7) is 1.89. The number of halogens is 2. The van der Waals surface area contributed by atoms with E-state index in [1.54, 1.807) is 7.05 Å². The molecule has 0 aliphatic rings. The SMILES string of the molecule is CNc1oc(-c2ccccc2C)nc1S(=O)(=O)c1ccc(Cl)c(Cl)c1. The highest BCUT2D eigenvalue weighted by atomic mass is 35.5. The molecule has 0 aliphatic carbocycles. The largest absolute Gasteiger partial charge is 0.419 e. The van der Waals surface area contributed by atoms with E-state index in [1.165, 1.54) is 18.2 Å². The summed E-state index contributed by atoms with van der Waals surface area (Å²) < 4.78 is 31.5. The van der Waals surface area contributed by atoms with Crippen LogP contribution in [-0.4, -0.2) is 20.4 Å². The number of aryl methyl sites for hydroxylation is 1. The van der Waals surface area contributed by atoms with Crippen LogP contribution in [0.25, 0.3) is 11.5 Å². The van der Waals surface area contributed by atoms with E-state index in [4.69, 9.17) is 27.6 Å². The molecule has 0 radical (unpaired) electrons. The van der Waals surface area contributed by atoms with Gasteiger partial charge in [0.25, 0.3) is 0 Å². The third kappa shape index (κ3) is 3.25. The van der Waals surface area contributed by atoms with Gasteiger partial charge in [0.1, 0.15) is 0 Å². The Kier molecular flexibility index (Phi) is 4.77. The first-order valence-corrected chi connectivity index (χ1v) is 9.53. The van der Waals surface area contributed by atoms with Crippen molar-refractivity contribution >= 4 is 38.9 Å². The van der Waals surface area contributed by atoms with Gasteiger partial charge in [-0.05, 0) is 36.8 Å². The van der Waals surface area contributed by atoms with E-state index in [0.717, 1.165) is 11.1 Å². The highest BCUT2D eigenvalue weighted by Crippen LogP contribution is 2.34. The van der Waals surface area contributed by atoms with Gasteiger partial charge in [-0.1, -0.05) is 41.4 Å². The molecule has 0 atom stereocenters. The first-order chi connectivity index (χ1) is 11.8. The van der Waals surface area contributed by atoms with Gasteiger partial charge in [0.15, 0.2) is 0 Å². The highest BCUT2D eigenvalue weighted by Gasteiger charge is 2.28. The second kappa shape index (κ2) is 6.71. The molecule has 2 aromatic carbocycles. The van der Waals surface area contributed by atoms with Gasteiger partial charge in [0.2, 0.25) is 26.6 Å². The summed E-state index contributed by atoms with van der Waals surface area (Å²) in [6.07, 6.45) is 0. The van der Waals surface area contributed by atoms with Crippen LogP contribution in [0.3, 0.4) is 0 Å². The molecule has 1 aromatic heterocycles. The number of anilines is 1. The number of hydrogen-bond donors (Lipinski definition) is 1. The molecular weight excluding hydrogens is 383 g/mol. The third-order valence-corrected chi connectivity index (χ3v) is 6.05. The van der Waals surface area contributed by atoms with Gasteiger partial charge < -0.3 is 9.73 Å². The molecule has 130 valence electrons. The Balaban J connectivity index is 2.16. The molecule has 0 saturated heterocycles. The van der Waals surface area contributed by atoms with Crippen LogP contribution >= 0.6 is 23.2 Å². The number of rotatable bonds is 4. The topological polar surface area (TPSA) is 72.2 Å².